The van der Waals surface area contributed by atoms with E-state index in [1.165, 1.54) is 0 Å². The van der Waals surface area contributed by atoms with Gasteiger partial charge in [0, 0.05) is 16.6 Å². The van der Waals surface area contributed by atoms with Crippen LogP contribution in [0.2, 0.25) is 0 Å². The summed E-state index contributed by atoms with van der Waals surface area (Å²) in [5, 5.41) is 9.79. The van der Waals surface area contributed by atoms with Crippen molar-refractivity contribution in [3.63, 3.8) is 0 Å². The van der Waals surface area contributed by atoms with E-state index in [2.05, 4.69) is 20.9 Å². The highest BCUT2D eigenvalue weighted by Crippen LogP contribution is 2.33. The van der Waals surface area contributed by atoms with Crippen molar-refractivity contribution >= 4 is 32.8 Å². The Morgan fingerprint density at radius 1 is 1.53 bits per heavy atom. The Kier molecular flexibility index (Phi) is 3.11. The Morgan fingerprint density at radius 2 is 2.24 bits per heavy atom. The average molecular weight is 298 g/mol. The molecule has 0 atom stereocenters. The maximum absolute atomic E-state index is 10.8. The van der Waals surface area contributed by atoms with Gasteiger partial charge in [-0.3, -0.25) is 4.79 Å². The molecule has 2 N–H and O–H groups in total. The van der Waals surface area contributed by atoms with Crippen LogP contribution < -0.4 is 4.74 Å². The summed E-state index contributed by atoms with van der Waals surface area (Å²) in [7, 11) is 1.59. The number of ether oxygens (including phenoxy) is 1. The van der Waals surface area contributed by atoms with E-state index in [4.69, 9.17) is 9.84 Å². The van der Waals surface area contributed by atoms with Crippen LogP contribution >= 0.6 is 15.9 Å². The quantitative estimate of drug-likeness (QED) is 0.916. The van der Waals surface area contributed by atoms with Gasteiger partial charge in [-0.1, -0.05) is 0 Å². The van der Waals surface area contributed by atoms with E-state index in [0.29, 0.717) is 5.75 Å². The van der Waals surface area contributed by atoms with Crippen LogP contribution in [0.5, 0.6) is 5.75 Å². The van der Waals surface area contributed by atoms with Gasteiger partial charge in [-0.05, 0) is 40.5 Å². The van der Waals surface area contributed by atoms with Gasteiger partial charge < -0.3 is 14.8 Å². The summed E-state index contributed by atoms with van der Waals surface area (Å²) in [5.74, 6) is -0.140. The molecule has 0 aliphatic carbocycles. The lowest BCUT2D eigenvalue weighted by atomic mass is 10.1. The number of hydrogen-bond donors (Lipinski definition) is 2. The van der Waals surface area contributed by atoms with Crippen molar-refractivity contribution in [3.8, 4) is 5.75 Å². The van der Waals surface area contributed by atoms with Crippen LogP contribution in [-0.4, -0.2) is 23.2 Å². The Bertz CT molecular complexity index is 589. The fourth-order valence-corrected chi connectivity index (χ4v) is 2.43. The minimum Gasteiger partial charge on any atom is -0.496 e. The number of carboxylic acids is 1. The van der Waals surface area contributed by atoms with Crippen molar-refractivity contribution in [1.82, 2.24) is 4.98 Å². The van der Waals surface area contributed by atoms with Crippen molar-refractivity contribution in [3.05, 3.63) is 27.9 Å². The van der Waals surface area contributed by atoms with Gasteiger partial charge in [0.05, 0.1) is 18.0 Å². The topological polar surface area (TPSA) is 62.3 Å². The van der Waals surface area contributed by atoms with Gasteiger partial charge >= 0.3 is 5.97 Å². The van der Waals surface area contributed by atoms with Crippen LogP contribution in [0.1, 0.15) is 11.3 Å². The molecule has 0 spiro atoms. The molecule has 1 aromatic heterocycles. The summed E-state index contributed by atoms with van der Waals surface area (Å²) < 4.78 is 6.06. The molecular weight excluding hydrogens is 286 g/mol. The molecule has 5 heteroatoms. The second-order valence-electron chi connectivity index (χ2n) is 3.83. The first-order chi connectivity index (χ1) is 8.02. The second kappa shape index (κ2) is 4.41. The highest BCUT2D eigenvalue weighted by Gasteiger charge is 2.14. The fourth-order valence-electron chi connectivity index (χ4n) is 1.92. The summed E-state index contributed by atoms with van der Waals surface area (Å²) in [4.78, 5) is 14.0. The molecule has 0 aliphatic rings. The number of aromatic nitrogens is 1. The third-order valence-corrected chi connectivity index (χ3v) is 3.34. The largest absolute Gasteiger partial charge is 0.496 e. The van der Waals surface area contributed by atoms with E-state index < -0.39 is 5.97 Å². The van der Waals surface area contributed by atoms with E-state index in [1.54, 1.807) is 7.11 Å². The van der Waals surface area contributed by atoms with Gasteiger partial charge in [0.25, 0.3) is 0 Å². The molecule has 0 bridgehead atoms. The lowest BCUT2D eigenvalue weighted by Gasteiger charge is -2.04. The zero-order chi connectivity index (χ0) is 12.6. The molecule has 0 fully saturated rings. The molecule has 0 radical (unpaired) electrons. The molecule has 0 saturated carbocycles. The Hall–Kier alpha value is -1.49. The minimum absolute atomic E-state index is 0.0105. The molecule has 17 heavy (non-hydrogen) atoms. The van der Waals surface area contributed by atoms with E-state index in [0.717, 1.165) is 26.6 Å². The van der Waals surface area contributed by atoms with Gasteiger partial charge in [0.1, 0.15) is 5.75 Å². The Labute approximate surface area is 107 Å². The first-order valence-electron chi connectivity index (χ1n) is 5.09. The lowest BCUT2D eigenvalue weighted by molar-refractivity contribution is -0.136. The van der Waals surface area contributed by atoms with Gasteiger partial charge in [-0.15, -0.1) is 0 Å². The predicted octanol–water partition coefficient (Wildman–Crippen LogP) is 2.87. The van der Waals surface area contributed by atoms with Crippen LogP contribution in [0.3, 0.4) is 0 Å². The van der Waals surface area contributed by atoms with Crippen LogP contribution in [0.4, 0.5) is 0 Å². The van der Waals surface area contributed by atoms with Crippen LogP contribution in [0, 0.1) is 6.92 Å². The number of carboxylic acid groups (broad SMARTS) is 1. The molecule has 90 valence electrons. The van der Waals surface area contributed by atoms with Crippen molar-refractivity contribution in [2.75, 3.05) is 7.11 Å². The average Bonchev–Trinajstić information content (AvgIpc) is 2.53. The maximum atomic E-state index is 10.8. The smallest absolute Gasteiger partial charge is 0.307 e. The number of benzene rings is 1. The van der Waals surface area contributed by atoms with Gasteiger partial charge in [0.15, 0.2) is 0 Å². The number of aliphatic carboxylic acids is 1. The number of carbonyl (C=O) groups is 1. The standard InChI is InChI=1S/C12H12BrNO3/c1-6-7(4-12(15)16)8-3-11(17-2)9(13)5-10(8)14-6/h3,5,14H,4H2,1-2H3,(H,15,16). The molecule has 0 unspecified atom stereocenters. The molecule has 2 aromatic rings. The van der Waals surface area contributed by atoms with Crippen LogP contribution in [-0.2, 0) is 11.2 Å². The summed E-state index contributed by atoms with van der Waals surface area (Å²) in [5.41, 5.74) is 2.59. The van der Waals surface area contributed by atoms with Crippen molar-refractivity contribution in [2.45, 2.75) is 13.3 Å². The number of nitrogens with one attached hydrogen (secondary N) is 1. The summed E-state index contributed by atoms with van der Waals surface area (Å²) in [6.45, 7) is 1.87. The first kappa shape index (κ1) is 12.0. The molecule has 1 aromatic carbocycles. The number of hydrogen-bond acceptors (Lipinski definition) is 2. The molecule has 4 nitrogen and oxygen atoms in total. The molecule has 0 aliphatic heterocycles. The van der Waals surface area contributed by atoms with Crippen molar-refractivity contribution in [1.29, 1.82) is 0 Å². The number of rotatable bonds is 3. The third kappa shape index (κ3) is 2.15. The highest BCUT2D eigenvalue weighted by molar-refractivity contribution is 9.10. The monoisotopic (exact) mass is 297 g/mol. The number of aryl methyl sites for hydroxylation is 1. The van der Waals surface area contributed by atoms with Gasteiger partial charge in [-0.25, -0.2) is 0 Å². The zero-order valence-electron chi connectivity index (χ0n) is 9.50. The van der Waals surface area contributed by atoms with Gasteiger partial charge in [0.2, 0.25) is 0 Å². The minimum atomic E-state index is -0.837. The normalized spacial score (nSPS) is 10.8. The highest BCUT2D eigenvalue weighted by atomic mass is 79.9. The number of fused-ring (bicyclic) bond motifs is 1. The second-order valence-corrected chi connectivity index (χ2v) is 4.69. The molecule has 0 saturated heterocycles. The van der Waals surface area contributed by atoms with E-state index in [9.17, 15) is 4.79 Å². The first-order valence-corrected chi connectivity index (χ1v) is 5.88. The zero-order valence-corrected chi connectivity index (χ0v) is 11.1. The summed E-state index contributed by atoms with van der Waals surface area (Å²) >= 11 is 3.40. The Balaban J connectivity index is 2.66. The summed E-state index contributed by atoms with van der Waals surface area (Å²) in [6, 6.07) is 3.74. The molecule has 0 amide bonds. The van der Waals surface area contributed by atoms with Crippen LogP contribution in [0.25, 0.3) is 10.9 Å². The molecule has 2 rings (SSSR count). The molecular formula is C12H12BrNO3. The molecule has 1 heterocycles. The van der Waals surface area contributed by atoms with Crippen molar-refractivity contribution in [2.24, 2.45) is 0 Å². The van der Waals surface area contributed by atoms with E-state index in [1.807, 2.05) is 19.1 Å². The third-order valence-electron chi connectivity index (χ3n) is 2.72. The van der Waals surface area contributed by atoms with E-state index >= 15 is 0 Å². The fraction of sp³-hybridized carbons (Fsp3) is 0.250. The SMILES string of the molecule is COc1cc2c(CC(=O)O)c(C)[nH]c2cc1Br. The van der Waals surface area contributed by atoms with Gasteiger partial charge in [-0.2, -0.15) is 0 Å². The summed E-state index contributed by atoms with van der Waals surface area (Å²) in [6.07, 6.45) is 0.0105. The Morgan fingerprint density at radius 3 is 2.82 bits per heavy atom. The number of H-pyrrole nitrogens is 1. The van der Waals surface area contributed by atoms with Crippen LogP contribution in [0.15, 0.2) is 16.6 Å². The lowest BCUT2D eigenvalue weighted by Crippen LogP contribution is -2.00. The predicted molar refractivity (Wildman–Crippen MR) is 68.6 cm³/mol. The van der Waals surface area contributed by atoms with E-state index in [-0.39, 0.29) is 6.42 Å². The number of halogens is 1. The number of methoxy groups -OCH3 is 1. The maximum Gasteiger partial charge on any atom is 0.307 e. The van der Waals surface area contributed by atoms with Crippen molar-refractivity contribution < 1.29 is 14.6 Å². The number of aromatic amines is 1.